The minimum atomic E-state index is -4.36. The summed E-state index contributed by atoms with van der Waals surface area (Å²) in [5, 5.41) is 0. The molecule has 0 spiro atoms. The Morgan fingerprint density at radius 2 is 1.89 bits per heavy atom. The topological polar surface area (TPSA) is 3.24 Å². The quantitative estimate of drug-likeness (QED) is 0.685. The minimum Gasteiger partial charge on any atom is -0.369 e. The molecule has 0 radical (unpaired) electrons. The number of nitrogens with zero attached hydrogens (tertiary/aromatic N) is 1. The lowest BCUT2D eigenvalue weighted by molar-refractivity contribution is -0.137. The molecule has 0 aliphatic carbocycles. The van der Waals surface area contributed by atoms with E-state index in [0.717, 1.165) is 12.5 Å². The number of hydrogen-bond acceptors (Lipinski definition) is 1. The average Bonchev–Trinajstić information content (AvgIpc) is 2.38. The largest absolute Gasteiger partial charge is 0.418 e. The fraction of sp³-hybridized carbons (Fsp3) is 0.571. The van der Waals surface area contributed by atoms with Gasteiger partial charge in [0.15, 0.2) is 0 Å². The van der Waals surface area contributed by atoms with E-state index in [9.17, 15) is 13.2 Å². The molecule has 0 fully saturated rings. The molecule has 5 heteroatoms. The highest BCUT2D eigenvalue weighted by Gasteiger charge is 2.35. The van der Waals surface area contributed by atoms with Gasteiger partial charge in [0.1, 0.15) is 0 Å². The maximum atomic E-state index is 13.2. The molecule has 0 N–H and O–H groups in total. The number of benzene rings is 1. The Bertz CT molecular complexity index is 418. The summed E-state index contributed by atoms with van der Waals surface area (Å²) in [6.45, 7) is 6.30. The van der Waals surface area contributed by atoms with Crippen molar-refractivity contribution in [2.45, 2.75) is 45.3 Å². The van der Waals surface area contributed by atoms with Gasteiger partial charge in [-0.25, -0.2) is 0 Å². The molecular formula is C14H19ClF3N. The molecule has 0 aliphatic rings. The standard InChI is InChI=1S/C14H19ClF3N/c1-4-10(3)19(5-2)13-7-6-11(9-15)8-12(13)14(16,17)18/h6-8,10H,4-5,9H2,1-3H3. The van der Waals surface area contributed by atoms with Crippen molar-refractivity contribution in [3.63, 3.8) is 0 Å². The Hall–Kier alpha value is -0.900. The van der Waals surface area contributed by atoms with Crippen LogP contribution in [-0.4, -0.2) is 12.6 Å². The van der Waals surface area contributed by atoms with E-state index in [2.05, 4.69) is 0 Å². The third-order valence-corrected chi connectivity index (χ3v) is 3.60. The number of anilines is 1. The lowest BCUT2D eigenvalue weighted by Gasteiger charge is -2.32. The molecule has 1 rings (SSSR count). The summed E-state index contributed by atoms with van der Waals surface area (Å²) in [5.74, 6) is 0.0822. The lowest BCUT2D eigenvalue weighted by atomic mass is 10.1. The van der Waals surface area contributed by atoms with Crippen LogP contribution < -0.4 is 4.90 Å². The highest BCUT2D eigenvalue weighted by Crippen LogP contribution is 2.38. The van der Waals surface area contributed by atoms with E-state index in [4.69, 9.17) is 11.6 Å². The molecule has 0 aliphatic heterocycles. The Morgan fingerprint density at radius 3 is 2.32 bits per heavy atom. The molecule has 19 heavy (non-hydrogen) atoms. The van der Waals surface area contributed by atoms with Gasteiger partial charge in [0.2, 0.25) is 0 Å². The molecule has 1 aromatic carbocycles. The van der Waals surface area contributed by atoms with Gasteiger partial charge in [-0.2, -0.15) is 13.2 Å². The van der Waals surface area contributed by atoms with Crippen LogP contribution in [0.4, 0.5) is 18.9 Å². The normalized spacial score (nSPS) is 13.4. The first-order valence-electron chi connectivity index (χ1n) is 6.37. The summed E-state index contributed by atoms with van der Waals surface area (Å²) in [6, 6.07) is 4.39. The monoisotopic (exact) mass is 293 g/mol. The SMILES string of the molecule is CCC(C)N(CC)c1ccc(CCl)cc1C(F)(F)F. The maximum absolute atomic E-state index is 13.2. The summed E-state index contributed by atoms with van der Waals surface area (Å²) in [6.07, 6.45) is -3.57. The second kappa shape index (κ2) is 6.51. The zero-order chi connectivity index (χ0) is 14.6. The Balaban J connectivity index is 3.33. The third-order valence-electron chi connectivity index (χ3n) is 3.29. The van der Waals surface area contributed by atoms with Gasteiger partial charge < -0.3 is 4.90 Å². The molecule has 1 atom stereocenters. The Kier molecular flexibility index (Phi) is 5.53. The third kappa shape index (κ3) is 3.78. The average molecular weight is 294 g/mol. The van der Waals surface area contributed by atoms with Crippen molar-refractivity contribution in [1.29, 1.82) is 0 Å². The van der Waals surface area contributed by atoms with Crippen LogP contribution in [-0.2, 0) is 12.1 Å². The van der Waals surface area contributed by atoms with Crippen LogP contribution in [0.15, 0.2) is 18.2 Å². The number of rotatable bonds is 5. The Morgan fingerprint density at radius 1 is 1.26 bits per heavy atom. The highest BCUT2D eigenvalue weighted by molar-refractivity contribution is 6.17. The molecule has 0 bridgehead atoms. The van der Waals surface area contributed by atoms with Crippen molar-refractivity contribution in [2.75, 3.05) is 11.4 Å². The molecule has 0 saturated carbocycles. The summed E-state index contributed by atoms with van der Waals surface area (Å²) >= 11 is 5.62. The van der Waals surface area contributed by atoms with Crippen LogP contribution in [0.5, 0.6) is 0 Å². The number of alkyl halides is 4. The van der Waals surface area contributed by atoms with Crippen LogP contribution in [0.3, 0.4) is 0 Å². The predicted molar refractivity (Wildman–Crippen MR) is 73.8 cm³/mol. The molecule has 0 heterocycles. The van der Waals surface area contributed by atoms with E-state index >= 15 is 0 Å². The van der Waals surface area contributed by atoms with Crippen LogP contribution in [0, 0.1) is 0 Å². The first-order valence-corrected chi connectivity index (χ1v) is 6.91. The van der Waals surface area contributed by atoms with Crippen molar-refractivity contribution < 1.29 is 13.2 Å². The van der Waals surface area contributed by atoms with E-state index in [0.29, 0.717) is 12.1 Å². The van der Waals surface area contributed by atoms with Gasteiger partial charge >= 0.3 is 6.18 Å². The molecule has 1 unspecified atom stereocenters. The van der Waals surface area contributed by atoms with Crippen molar-refractivity contribution in [2.24, 2.45) is 0 Å². The smallest absolute Gasteiger partial charge is 0.369 e. The summed E-state index contributed by atoms with van der Waals surface area (Å²) in [5.41, 5.74) is 0.115. The zero-order valence-electron chi connectivity index (χ0n) is 11.4. The first kappa shape index (κ1) is 16.2. The van der Waals surface area contributed by atoms with E-state index in [1.165, 1.54) is 6.07 Å². The van der Waals surface area contributed by atoms with E-state index in [1.54, 1.807) is 11.0 Å². The fourth-order valence-electron chi connectivity index (χ4n) is 2.08. The Labute approximate surface area is 117 Å². The van der Waals surface area contributed by atoms with Gasteiger partial charge in [-0.3, -0.25) is 0 Å². The molecule has 0 aromatic heterocycles. The van der Waals surface area contributed by atoms with Gasteiger partial charge in [-0.15, -0.1) is 11.6 Å². The first-order chi connectivity index (χ1) is 8.85. The number of hydrogen-bond donors (Lipinski definition) is 0. The van der Waals surface area contributed by atoms with Crippen LogP contribution in [0.25, 0.3) is 0 Å². The zero-order valence-corrected chi connectivity index (χ0v) is 12.1. The second-order valence-corrected chi connectivity index (χ2v) is 4.79. The van der Waals surface area contributed by atoms with Crippen molar-refractivity contribution in [3.05, 3.63) is 29.3 Å². The maximum Gasteiger partial charge on any atom is 0.418 e. The number of halogens is 4. The van der Waals surface area contributed by atoms with Crippen LogP contribution in [0.1, 0.15) is 38.3 Å². The second-order valence-electron chi connectivity index (χ2n) is 4.53. The molecular weight excluding hydrogens is 275 g/mol. The van der Waals surface area contributed by atoms with Gasteiger partial charge in [0.25, 0.3) is 0 Å². The minimum absolute atomic E-state index is 0.0629. The summed E-state index contributed by atoms with van der Waals surface area (Å²) in [7, 11) is 0. The van der Waals surface area contributed by atoms with Gasteiger partial charge in [0.05, 0.1) is 5.56 Å². The van der Waals surface area contributed by atoms with Crippen LogP contribution in [0.2, 0.25) is 0 Å². The summed E-state index contributed by atoms with van der Waals surface area (Å²) in [4.78, 5) is 1.78. The van der Waals surface area contributed by atoms with Gasteiger partial charge in [-0.05, 0) is 38.0 Å². The van der Waals surface area contributed by atoms with Gasteiger partial charge in [-0.1, -0.05) is 13.0 Å². The van der Waals surface area contributed by atoms with Crippen molar-refractivity contribution in [1.82, 2.24) is 0 Å². The molecule has 108 valence electrons. The van der Waals surface area contributed by atoms with E-state index < -0.39 is 11.7 Å². The van der Waals surface area contributed by atoms with E-state index in [1.807, 2.05) is 20.8 Å². The fourth-order valence-corrected chi connectivity index (χ4v) is 2.25. The van der Waals surface area contributed by atoms with Crippen molar-refractivity contribution in [3.8, 4) is 0 Å². The molecule has 0 saturated heterocycles. The summed E-state index contributed by atoms with van der Waals surface area (Å²) < 4.78 is 39.5. The van der Waals surface area contributed by atoms with Gasteiger partial charge in [0, 0.05) is 24.2 Å². The lowest BCUT2D eigenvalue weighted by Crippen LogP contribution is -2.34. The van der Waals surface area contributed by atoms with E-state index in [-0.39, 0.29) is 17.6 Å². The highest BCUT2D eigenvalue weighted by atomic mass is 35.5. The van der Waals surface area contributed by atoms with Crippen LogP contribution >= 0.6 is 11.6 Å². The predicted octanol–water partition coefficient (Wildman–Crippen LogP) is 5.07. The molecule has 0 amide bonds. The molecule has 1 nitrogen and oxygen atoms in total. The van der Waals surface area contributed by atoms with Crippen molar-refractivity contribution >= 4 is 17.3 Å². The molecule has 1 aromatic rings.